The minimum absolute atomic E-state index is 0.0671. The first-order valence-electron chi connectivity index (χ1n) is 11.6. The van der Waals surface area contributed by atoms with Crippen molar-refractivity contribution in [3.05, 3.63) is 58.3 Å². The maximum atomic E-state index is 13.6. The number of aromatic nitrogens is 1. The summed E-state index contributed by atoms with van der Waals surface area (Å²) >= 11 is 0. The summed E-state index contributed by atoms with van der Waals surface area (Å²) in [5.41, 5.74) is 1.76. The van der Waals surface area contributed by atoms with Gasteiger partial charge in [-0.3, -0.25) is 9.69 Å². The van der Waals surface area contributed by atoms with Crippen LogP contribution in [0.4, 0.5) is 0 Å². The van der Waals surface area contributed by atoms with Gasteiger partial charge in [0.15, 0.2) is 11.5 Å². The molecule has 3 aromatic rings. The Balaban J connectivity index is 1.48. The molecule has 0 N–H and O–H groups in total. The van der Waals surface area contributed by atoms with Gasteiger partial charge in [-0.25, -0.2) is 0 Å². The van der Waals surface area contributed by atoms with E-state index in [0.29, 0.717) is 32.8 Å². The number of benzene rings is 1. The van der Waals surface area contributed by atoms with E-state index in [4.69, 9.17) is 13.9 Å². The summed E-state index contributed by atoms with van der Waals surface area (Å²) in [5, 5.41) is 1.01. The molecule has 0 bridgehead atoms. The molecule has 170 valence electrons. The van der Waals surface area contributed by atoms with Gasteiger partial charge in [-0.1, -0.05) is 6.42 Å². The molecule has 7 heteroatoms. The highest BCUT2D eigenvalue weighted by Crippen LogP contribution is 2.34. The molecule has 0 atom stereocenters. The average molecular weight is 438 g/mol. The number of nitrogens with zero attached hydrogens (tertiary/aromatic N) is 3. The number of likely N-dealkylation sites (tertiary alicyclic amines) is 1. The Kier molecular flexibility index (Phi) is 6.19. The number of pyridine rings is 1. The Hall–Kier alpha value is -2.77. The van der Waals surface area contributed by atoms with Crippen LogP contribution in [-0.4, -0.2) is 54.3 Å². The summed E-state index contributed by atoms with van der Waals surface area (Å²) in [6.07, 6.45) is 5.47. The highest BCUT2D eigenvalue weighted by molar-refractivity contribution is 5.84. The number of furan rings is 1. The SMILES string of the molecule is CN(Cc1ccco1)Cc1cc2cc3c(cc2n(CCN2CCCCC2)c1=O)OCCO3. The fourth-order valence-corrected chi connectivity index (χ4v) is 4.75. The van der Waals surface area contributed by atoms with Gasteiger partial charge in [-0.15, -0.1) is 0 Å². The van der Waals surface area contributed by atoms with Gasteiger partial charge in [0, 0.05) is 36.7 Å². The van der Waals surface area contributed by atoms with Crippen molar-refractivity contribution < 1.29 is 13.9 Å². The minimum Gasteiger partial charge on any atom is -0.486 e. The fourth-order valence-electron chi connectivity index (χ4n) is 4.75. The van der Waals surface area contributed by atoms with E-state index in [-0.39, 0.29) is 5.56 Å². The van der Waals surface area contributed by atoms with Crippen molar-refractivity contribution in [1.29, 1.82) is 0 Å². The van der Waals surface area contributed by atoms with E-state index in [9.17, 15) is 4.79 Å². The van der Waals surface area contributed by atoms with Gasteiger partial charge in [-0.05, 0) is 57.2 Å². The number of hydrogen-bond donors (Lipinski definition) is 0. The molecule has 2 aliphatic rings. The molecule has 2 aliphatic heterocycles. The summed E-state index contributed by atoms with van der Waals surface area (Å²) in [5.74, 6) is 2.36. The topological polar surface area (TPSA) is 60.1 Å². The molecule has 0 radical (unpaired) electrons. The molecule has 0 aliphatic carbocycles. The van der Waals surface area contributed by atoms with Crippen LogP contribution in [0.5, 0.6) is 11.5 Å². The molecule has 0 amide bonds. The molecular weight excluding hydrogens is 406 g/mol. The Morgan fingerprint density at radius 1 is 0.969 bits per heavy atom. The van der Waals surface area contributed by atoms with Crippen LogP contribution in [0.3, 0.4) is 0 Å². The lowest BCUT2D eigenvalue weighted by molar-refractivity contribution is 0.172. The number of piperidine rings is 1. The highest BCUT2D eigenvalue weighted by atomic mass is 16.6. The number of ether oxygens (including phenoxy) is 2. The molecule has 5 rings (SSSR count). The minimum atomic E-state index is 0.0671. The van der Waals surface area contributed by atoms with Crippen LogP contribution in [0.1, 0.15) is 30.6 Å². The highest BCUT2D eigenvalue weighted by Gasteiger charge is 2.19. The lowest BCUT2D eigenvalue weighted by Gasteiger charge is -2.27. The van der Waals surface area contributed by atoms with E-state index in [1.54, 1.807) is 6.26 Å². The Morgan fingerprint density at radius 2 is 1.75 bits per heavy atom. The largest absolute Gasteiger partial charge is 0.486 e. The summed E-state index contributed by atoms with van der Waals surface area (Å²) in [6.45, 7) is 6.07. The molecule has 1 fully saturated rings. The second-order valence-electron chi connectivity index (χ2n) is 8.84. The molecule has 1 aromatic carbocycles. The van der Waals surface area contributed by atoms with E-state index in [0.717, 1.165) is 53.4 Å². The molecule has 1 saturated heterocycles. The van der Waals surface area contributed by atoms with E-state index in [1.165, 1.54) is 19.3 Å². The lowest BCUT2D eigenvalue weighted by atomic mass is 10.1. The second-order valence-corrected chi connectivity index (χ2v) is 8.84. The molecule has 32 heavy (non-hydrogen) atoms. The summed E-state index contributed by atoms with van der Waals surface area (Å²) in [7, 11) is 2.01. The van der Waals surface area contributed by atoms with Crippen molar-refractivity contribution in [1.82, 2.24) is 14.4 Å². The third-order valence-corrected chi connectivity index (χ3v) is 6.37. The number of fused-ring (bicyclic) bond motifs is 2. The van der Waals surface area contributed by atoms with Crippen molar-refractivity contribution >= 4 is 10.9 Å². The summed E-state index contributed by atoms with van der Waals surface area (Å²) in [6, 6.07) is 9.83. The van der Waals surface area contributed by atoms with Crippen molar-refractivity contribution in [2.75, 3.05) is 39.9 Å². The van der Waals surface area contributed by atoms with E-state index < -0.39 is 0 Å². The second kappa shape index (κ2) is 9.38. The maximum Gasteiger partial charge on any atom is 0.255 e. The fraction of sp³-hybridized carbons (Fsp3) is 0.480. The average Bonchev–Trinajstić information content (AvgIpc) is 3.31. The van der Waals surface area contributed by atoms with Gasteiger partial charge in [-0.2, -0.15) is 0 Å². The Bertz CT molecular complexity index is 1120. The molecule has 4 heterocycles. The first-order chi connectivity index (χ1) is 15.7. The third-order valence-electron chi connectivity index (χ3n) is 6.37. The van der Waals surface area contributed by atoms with Crippen molar-refractivity contribution in [3.8, 4) is 11.5 Å². The van der Waals surface area contributed by atoms with E-state index in [1.807, 2.05) is 41.9 Å². The zero-order valence-corrected chi connectivity index (χ0v) is 18.7. The number of rotatable bonds is 7. The standard InChI is InChI=1S/C25H31N3O4/c1-26(18-21-6-5-11-30-21)17-20-14-19-15-23-24(32-13-12-31-23)16-22(19)28(25(20)29)10-9-27-7-3-2-4-8-27/h5-6,11,14-16H,2-4,7-10,12-13,17-18H2,1H3. The third kappa shape index (κ3) is 4.54. The van der Waals surface area contributed by atoms with Crippen LogP contribution in [-0.2, 0) is 19.6 Å². The van der Waals surface area contributed by atoms with Gasteiger partial charge >= 0.3 is 0 Å². The number of hydrogen-bond acceptors (Lipinski definition) is 6. The molecule has 0 unspecified atom stereocenters. The smallest absolute Gasteiger partial charge is 0.255 e. The molecule has 7 nitrogen and oxygen atoms in total. The van der Waals surface area contributed by atoms with Gasteiger partial charge in [0.2, 0.25) is 0 Å². The first-order valence-corrected chi connectivity index (χ1v) is 11.6. The van der Waals surface area contributed by atoms with Crippen LogP contribution in [0.15, 0.2) is 45.8 Å². The van der Waals surface area contributed by atoms with Crippen molar-refractivity contribution in [3.63, 3.8) is 0 Å². The van der Waals surface area contributed by atoms with E-state index >= 15 is 0 Å². The van der Waals surface area contributed by atoms with Gasteiger partial charge < -0.3 is 23.4 Å². The van der Waals surface area contributed by atoms with E-state index in [2.05, 4.69) is 9.80 Å². The van der Waals surface area contributed by atoms with Crippen LogP contribution in [0, 0.1) is 0 Å². The predicted octanol–water partition coefficient (Wildman–Crippen LogP) is 3.48. The monoisotopic (exact) mass is 437 g/mol. The zero-order valence-electron chi connectivity index (χ0n) is 18.7. The Labute approximate surface area is 188 Å². The van der Waals surface area contributed by atoms with Crippen LogP contribution in [0.25, 0.3) is 10.9 Å². The predicted molar refractivity (Wildman–Crippen MR) is 123 cm³/mol. The first kappa shape index (κ1) is 21.1. The lowest BCUT2D eigenvalue weighted by Crippen LogP contribution is -2.36. The molecule has 0 spiro atoms. The van der Waals surface area contributed by atoms with Crippen LogP contribution >= 0.6 is 0 Å². The van der Waals surface area contributed by atoms with Gasteiger partial charge in [0.25, 0.3) is 5.56 Å². The normalized spacial score (nSPS) is 16.7. The quantitative estimate of drug-likeness (QED) is 0.564. The van der Waals surface area contributed by atoms with Crippen LogP contribution < -0.4 is 15.0 Å². The van der Waals surface area contributed by atoms with Crippen molar-refractivity contribution in [2.24, 2.45) is 0 Å². The zero-order chi connectivity index (χ0) is 21.9. The summed E-state index contributed by atoms with van der Waals surface area (Å²) < 4.78 is 19.0. The molecular formula is C25H31N3O4. The summed E-state index contributed by atoms with van der Waals surface area (Å²) in [4.78, 5) is 18.2. The van der Waals surface area contributed by atoms with Crippen molar-refractivity contribution in [2.45, 2.75) is 38.9 Å². The molecule has 0 saturated carbocycles. The van der Waals surface area contributed by atoms with Crippen LogP contribution in [0.2, 0.25) is 0 Å². The molecule has 2 aromatic heterocycles. The van der Waals surface area contributed by atoms with Gasteiger partial charge in [0.1, 0.15) is 19.0 Å². The Morgan fingerprint density at radius 3 is 2.50 bits per heavy atom. The maximum absolute atomic E-state index is 13.6. The van der Waals surface area contributed by atoms with Gasteiger partial charge in [0.05, 0.1) is 18.3 Å².